The highest BCUT2D eigenvalue weighted by Crippen LogP contribution is 2.34. The van der Waals surface area contributed by atoms with Crippen LogP contribution in [0.4, 0.5) is 11.6 Å². The average molecular weight is 397 g/mol. The van der Waals surface area contributed by atoms with Gasteiger partial charge in [0.1, 0.15) is 11.5 Å². The summed E-state index contributed by atoms with van der Waals surface area (Å²) in [7, 11) is 3.18. The van der Waals surface area contributed by atoms with Crippen LogP contribution in [0.1, 0.15) is 13.8 Å². The van der Waals surface area contributed by atoms with Crippen molar-refractivity contribution in [2.24, 2.45) is 13.0 Å². The van der Waals surface area contributed by atoms with E-state index in [2.05, 4.69) is 11.9 Å². The molecule has 0 bridgehead atoms. The van der Waals surface area contributed by atoms with Crippen molar-refractivity contribution in [3.63, 3.8) is 0 Å². The van der Waals surface area contributed by atoms with Crippen LogP contribution in [0.5, 0.6) is 5.75 Å². The van der Waals surface area contributed by atoms with E-state index >= 15 is 0 Å². The Balaban J connectivity index is 1.99. The maximum atomic E-state index is 13.1. The number of hydrogen-bond acceptors (Lipinski definition) is 6. The van der Waals surface area contributed by atoms with E-state index in [-0.39, 0.29) is 18.2 Å². The van der Waals surface area contributed by atoms with Gasteiger partial charge in [-0.25, -0.2) is 4.79 Å². The first-order chi connectivity index (χ1) is 13.8. The molecular weight excluding hydrogens is 374 g/mol. The Labute approximate surface area is 166 Å². The third kappa shape index (κ3) is 3.02. The molecule has 4 rings (SSSR count). The van der Waals surface area contributed by atoms with E-state index in [4.69, 9.17) is 4.74 Å². The number of fused-ring (bicyclic) bond motifs is 3. The van der Waals surface area contributed by atoms with Gasteiger partial charge in [-0.3, -0.25) is 18.7 Å². The van der Waals surface area contributed by atoms with Crippen molar-refractivity contribution in [3.05, 3.63) is 45.1 Å². The third-order valence-electron chi connectivity index (χ3n) is 5.19. The molecule has 0 aliphatic carbocycles. The number of Topliss-reactive ketones (excluding diaryl/α,β-unsaturated/α-hetero) is 1. The largest absolute Gasteiger partial charge is 0.497 e. The summed E-state index contributed by atoms with van der Waals surface area (Å²) in [5.74, 6) is 1.30. The van der Waals surface area contributed by atoms with Crippen molar-refractivity contribution in [1.82, 2.24) is 18.7 Å². The average Bonchev–Trinajstić information content (AvgIpc) is 3.08. The Bertz CT molecular complexity index is 1240. The topological polar surface area (TPSA) is 91.4 Å². The zero-order chi connectivity index (χ0) is 20.9. The summed E-state index contributed by atoms with van der Waals surface area (Å²) in [5, 5.41) is 0. The number of methoxy groups -OCH3 is 1. The third-order valence-corrected chi connectivity index (χ3v) is 5.19. The molecule has 1 atom stereocenters. The van der Waals surface area contributed by atoms with Crippen LogP contribution in [0, 0.1) is 5.92 Å². The van der Waals surface area contributed by atoms with Gasteiger partial charge >= 0.3 is 5.69 Å². The van der Waals surface area contributed by atoms with E-state index < -0.39 is 11.2 Å². The van der Waals surface area contributed by atoms with Crippen molar-refractivity contribution in [2.45, 2.75) is 26.9 Å². The van der Waals surface area contributed by atoms with E-state index in [1.54, 1.807) is 14.2 Å². The summed E-state index contributed by atoms with van der Waals surface area (Å²) in [6.45, 7) is 4.51. The monoisotopic (exact) mass is 397 g/mol. The van der Waals surface area contributed by atoms with Crippen LogP contribution in [0.2, 0.25) is 0 Å². The number of rotatable bonds is 4. The zero-order valence-electron chi connectivity index (χ0n) is 16.9. The predicted molar refractivity (Wildman–Crippen MR) is 109 cm³/mol. The number of benzene rings is 1. The Morgan fingerprint density at radius 3 is 2.72 bits per heavy atom. The molecule has 152 valence electrons. The second-order valence-corrected chi connectivity index (χ2v) is 7.55. The lowest BCUT2D eigenvalue weighted by Gasteiger charge is -2.33. The molecule has 0 saturated heterocycles. The molecule has 9 nitrogen and oxygen atoms in total. The molecule has 0 fully saturated rings. The minimum atomic E-state index is -0.547. The van der Waals surface area contributed by atoms with Crippen LogP contribution in [-0.4, -0.2) is 38.1 Å². The quantitative estimate of drug-likeness (QED) is 0.659. The molecule has 0 spiro atoms. The van der Waals surface area contributed by atoms with Crippen LogP contribution < -0.4 is 20.9 Å². The molecule has 3 heterocycles. The van der Waals surface area contributed by atoms with Crippen LogP contribution in [0.25, 0.3) is 11.2 Å². The molecule has 9 heteroatoms. The molecule has 0 amide bonds. The first-order valence-corrected chi connectivity index (χ1v) is 9.43. The number of carbonyl (C=O) groups is 1. The number of hydrogen-bond donors (Lipinski definition) is 0. The molecule has 0 radical (unpaired) electrons. The number of carbonyl (C=O) groups excluding carboxylic acids is 1. The van der Waals surface area contributed by atoms with Gasteiger partial charge in [-0.1, -0.05) is 13.0 Å². The second-order valence-electron chi connectivity index (χ2n) is 7.55. The summed E-state index contributed by atoms with van der Waals surface area (Å²) in [5.41, 5.74) is 0.506. The number of imidazole rings is 1. The first-order valence-electron chi connectivity index (χ1n) is 9.43. The summed E-state index contributed by atoms with van der Waals surface area (Å²) in [6.07, 6.45) is 0. The number of ether oxygens (including phenoxy) is 1. The fourth-order valence-electron chi connectivity index (χ4n) is 3.86. The molecule has 3 aromatic rings. The van der Waals surface area contributed by atoms with Crippen molar-refractivity contribution in [3.8, 4) is 5.75 Å². The summed E-state index contributed by atoms with van der Waals surface area (Å²) >= 11 is 0. The first kappa shape index (κ1) is 19.0. The fourth-order valence-corrected chi connectivity index (χ4v) is 3.86. The lowest BCUT2D eigenvalue weighted by molar-refractivity contribution is -0.117. The molecule has 0 N–H and O–H groups in total. The van der Waals surface area contributed by atoms with Crippen molar-refractivity contribution in [2.75, 3.05) is 18.6 Å². The molecule has 29 heavy (non-hydrogen) atoms. The molecule has 1 aliphatic heterocycles. The smallest absolute Gasteiger partial charge is 0.332 e. The van der Waals surface area contributed by atoms with Gasteiger partial charge in [0.05, 0.1) is 13.7 Å². The minimum absolute atomic E-state index is 0.240. The van der Waals surface area contributed by atoms with Gasteiger partial charge in [-0.05, 0) is 25.0 Å². The van der Waals surface area contributed by atoms with Crippen molar-refractivity contribution in [1.29, 1.82) is 0 Å². The summed E-state index contributed by atoms with van der Waals surface area (Å²) in [6, 6.07) is 7.63. The van der Waals surface area contributed by atoms with E-state index in [1.165, 1.54) is 11.5 Å². The number of aryl methyl sites for hydroxylation is 1. The van der Waals surface area contributed by atoms with Gasteiger partial charge < -0.3 is 14.2 Å². The van der Waals surface area contributed by atoms with Crippen molar-refractivity contribution < 1.29 is 9.53 Å². The summed E-state index contributed by atoms with van der Waals surface area (Å²) < 4.78 is 9.50. The van der Waals surface area contributed by atoms with E-state index in [9.17, 15) is 14.4 Å². The second kappa shape index (κ2) is 6.91. The van der Waals surface area contributed by atoms with Gasteiger partial charge in [-0.2, -0.15) is 4.98 Å². The normalized spacial score (nSPS) is 16.1. The van der Waals surface area contributed by atoms with Crippen LogP contribution in [0.3, 0.4) is 0 Å². The van der Waals surface area contributed by atoms with E-state index in [1.807, 2.05) is 33.7 Å². The fraction of sp³-hybridized carbons (Fsp3) is 0.400. The highest BCUT2D eigenvalue weighted by Gasteiger charge is 2.30. The Morgan fingerprint density at radius 2 is 2.03 bits per heavy atom. The Hall–Kier alpha value is -3.36. The van der Waals surface area contributed by atoms with Crippen LogP contribution >= 0.6 is 0 Å². The highest BCUT2D eigenvalue weighted by atomic mass is 16.5. The predicted octanol–water partition coefficient (Wildman–Crippen LogP) is 1.28. The maximum Gasteiger partial charge on any atom is 0.332 e. The molecule has 0 saturated carbocycles. The lowest BCUT2D eigenvalue weighted by Crippen LogP contribution is -2.41. The highest BCUT2D eigenvalue weighted by molar-refractivity contribution is 5.78. The van der Waals surface area contributed by atoms with Gasteiger partial charge in [0.25, 0.3) is 5.56 Å². The molecule has 2 aromatic heterocycles. The van der Waals surface area contributed by atoms with E-state index in [0.717, 1.165) is 16.0 Å². The Morgan fingerprint density at radius 1 is 1.28 bits per heavy atom. The standard InChI is InChI=1S/C20H23N5O4/c1-12-9-23(14-6-5-7-15(8-14)29-4)19-21-17-16(24(19)10-12)18(27)25(11-13(2)26)20(28)22(17)3/h5-8,12H,9-11H2,1-4H3/t12-/m0/s1. The van der Waals surface area contributed by atoms with Crippen LogP contribution in [0.15, 0.2) is 33.9 Å². The van der Waals surface area contributed by atoms with Gasteiger partial charge in [0.15, 0.2) is 11.2 Å². The molecular formula is C20H23N5O4. The number of aromatic nitrogens is 4. The number of ketones is 1. The van der Waals surface area contributed by atoms with Gasteiger partial charge in [-0.15, -0.1) is 0 Å². The van der Waals surface area contributed by atoms with Gasteiger partial charge in [0, 0.05) is 31.9 Å². The number of anilines is 2. The van der Waals surface area contributed by atoms with E-state index in [0.29, 0.717) is 30.2 Å². The molecule has 1 aliphatic rings. The molecule has 0 unspecified atom stereocenters. The number of nitrogens with zero attached hydrogens (tertiary/aromatic N) is 5. The maximum absolute atomic E-state index is 13.1. The van der Waals surface area contributed by atoms with Crippen molar-refractivity contribution >= 4 is 28.6 Å². The van der Waals surface area contributed by atoms with Gasteiger partial charge in [0.2, 0.25) is 5.95 Å². The molecule has 1 aromatic carbocycles. The Kier molecular flexibility index (Phi) is 4.52. The minimum Gasteiger partial charge on any atom is -0.497 e. The SMILES string of the molecule is COc1cccc(N2C[C@H](C)Cn3c2nc2c3c(=O)n(CC(C)=O)c(=O)n2C)c1. The summed E-state index contributed by atoms with van der Waals surface area (Å²) in [4.78, 5) is 44.0. The zero-order valence-corrected chi connectivity index (χ0v) is 16.9. The lowest BCUT2D eigenvalue weighted by atomic mass is 10.1. The van der Waals surface area contributed by atoms with Crippen LogP contribution in [-0.2, 0) is 24.9 Å².